The quantitative estimate of drug-likeness (QED) is 0.488. The van der Waals surface area contributed by atoms with Crippen molar-refractivity contribution in [3.8, 4) is 0 Å². The van der Waals surface area contributed by atoms with E-state index in [0.717, 1.165) is 0 Å². The third-order valence-corrected chi connectivity index (χ3v) is 5.27. The van der Waals surface area contributed by atoms with Crippen LogP contribution in [0.15, 0.2) is 42.0 Å². The number of fused-ring (bicyclic) bond motifs is 1. The normalized spacial score (nSPS) is 20.9. The molecular weight excluding hydrogens is 264 g/mol. The van der Waals surface area contributed by atoms with Gasteiger partial charge in [-0.05, 0) is 43.2 Å². The molecule has 0 saturated carbocycles. The van der Waals surface area contributed by atoms with E-state index >= 15 is 0 Å². The molecule has 0 spiro atoms. The summed E-state index contributed by atoms with van der Waals surface area (Å²) < 4.78 is 1.34. The van der Waals surface area contributed by atoms with E-state index in [0.29, 0.717) is 0 Å². The molecule has 2 nitrogen and oxygen atoms in total. The molecule has 20 heavy (non-hydrogen) atoms. The van der Waals surface area contributed by atoms with Gasteiger partial charge in [0.2, 0.25) is 0 Å². The zero-order chi connectivity index (χ0) is 13.8. The number of nitrogens with two attached hydrogens (primary N) is 1. The summed E-state index contributed by atoms with van der Waals surface area (Å²) in [6, 6.07) is 11.0. The number of nitrogens with one attached hydrogen (secondary N) is 1. The summed E-state index contributed by atoms with van der Waals surface area (Å²) in [5.74, 6) is 5.86. The molecule has 0 saturated heterocycles. The van der Waals surface area contributed by atoms with Gasteiger partial charge in [0.1, 0.15) is 0 Å². The van der Waals surface area contributed by atoms with Crippen LogP contribution in [0.3, 0.4) is 0 Å². The number of hydrazine groups is 1. The lowest BCUT2D eigenvalue weighted by Gasteiger charge is -2.20. The number of hydrogen-bond donors (Lipinski definition) is 2. The number of rotatable bonds is 3. The number of thiophene rings is 1. The lowest BCUT2D eigenvalue weighted by atomic mass is 9.94. The van der Waals surface area contributed by atoms with Crippen LogP contribution in [0, 0.1) is 0 Å². The first-order valence-electron chi connectivity index (χ1n) is 7.52. The van der Waals surface area contributed by atoms with Crippen molar-refractivity contribution in [2.24, 2.45) is 5.84 Å². The summed E-state index contributed by atoms with van der Waals surface area (Å²) in [6.45, 7) is 0. The Balaban J connectivity index is 1.91. The van der Waals surface area contributed by atoms with Crippen LogP contribution >= 0.6 is 11.3 Å². The van der Waals surface area contributed by atoms with E-state index in [2.05, 4.69) is 41.8 Å². The first kappa shape index (κ1) is 13.8. The van der Waals surface area contributed by atoms with Crippen LogP contribution in [0.5, 0.6) is 0 Å². The highest BCUT2D eigenvalue weighted by Gasteiger charge is 2.18. The van der Waals surface area contributed by atoms with Crippen molar-refractivity contribution in [3.63, 3.8) is 0 Å². The second kappa shape index (κ2) is 6.53. The zero-order valence-electron chi connectivity index (χ0n) is 11.8. The molecule has 1 atom stereocenters. The maximum absolute atomic E-state index is 5.86. The fourth-order valence-electron chi connectivity index (χ4n) is 3.00. The molecule has 1 aromatic heterocycles. The van der Waals surface area contributed by atoms with E-state index in [1.54, 1.807) is 0 Å². The van der Waals surface area contributed by atoms with Crippen molar-refractivity contribution in [1.29, 1.82) is 0 Å². The Kier molecular flexibility index (Phi) is 4.51. The van der Waals surface area contributed by atoms with Gasteiger partial charge >= 0.3 is 0 Å². The minimum absolute atomic E-state index is 0.186. The summed E-state index contributed by atoms with van der Waals surface area (Å²) in [5, 5.41) is 1.32. The van der Waals surface area contributed by atoms with Crippen molar-refractivity contribution in [2.45, 2.75) is 44.6 Å². The van der Waals surface area contributed by atoms with E-state index in [1.807, 2.05) is 11.3 Å². The molecule has 2 aromatic rings. The smallest absolute Gasteiger partial charge is 0.0763 e. The molecule has 1 aliphatic carbocycles. The largest absolute Gasteiger partial charge is 0.271 e. The SMILES string of the molecule is NNC(/C1=C/CCCCCC1)c1cc2ccccc2s1. The summed E-state index contributed by atoms with van der Waals surface area (Å²) in [5.41, 5.74) is 4.51. The maximum atomic E-state index is 5.86. The van der Waals surface area contributed by atoms with Gasteiger partial charge in [-0.25, -0.2) is 5.43 Å². The van der Waals surface area contributed by atoms with Crippen LogP contribution in [0.1, 0.15) is 49.4 Å². The monoisotopic (exact) mass is 286 g/mol. The molecule has 0 bridgehead atoms. The van der Waals surface area contributed by atoms with Gasteiger partial charge < -0.3 is 0 Å². The summed E-state index contributed by atoms with van der Waals surface area (Å²) in [6.07, 6.45) is 10.1. The van der Waals surface area contributed by atoms with Gasteiger partial charge in [-0.15, -0.1) is 11.3 Å². The molecule has 106 valence electrons. The predicted octanol–water partition coefficient (Wildman–Crippen LogP) is 4.69. The number of allylic oxidation sites excluding steroid dienone is 1. The molecule has 1 unspecified atom stereocenters. The van der Waals surface area contributed by atoms with Crippen molar-refractivity contribution >= 4 is 21.4 Å². The molecule has 0 fully saturated rings. The third kappa shape index (κ3) is 2.95. The Morgan fingerprint density at radius 2 is 1.95 bits per heavy atom. The van der Waals surface area contributed by atoms with E-state index in [4.69, 9.17) is 5.84 Å². The van der Waals surface area contributed by atoms with Gasteiger partial charge in [-0.1, -0.05) is 42.7 Å². The van der Waals surface area contributed by atoms with E-state index < -0.39 is 0 Å². The first-order valence-corrected chi connectivity index (χ1v) is 8.33. The summed E-state index contributed by atoms with van der Waals surface area (Å²) in [4.78, 5) is 1.33. The van der Waals surface area contributed by atoms with Crippen LogP contribution < -0.4 is 11.3 Å². The van der Waals surface area contributed by atoms with Gasteiger partial charge in [-0.2, -0.15) is 0 Å². The molecule has 0 aliphatic heterocycles. The Hall–Kier alpha value is -1.16. The zero-order valence-corrected chi connectivity index (χ0v) is 12.6. The second-order valence-electron chi connectivity index (χ2n) is 5.52. The molecule has 1 aliphatic rings. The molecular formula is C17H22N2S. The molecule has 3 N–H and O–H groups in total. The fraction of sp³-hybridized carbons (Fsp3) is 0.412. The number of benzene rings is 1. The molecule has 0 amide bonds. The van der Waals surface area contributed by atoms with Gasteiger partial charge in [0, 0.05) is 9.58 Å². The Morgan fingerprint density at radius 1 is 1.10 bits per heavy atom. The lowest BCUT2D eigenvalue weighted by molar-refractivity contribution is 0.560. The van der Waals surface area contributed by atoms with Crippen LogP contribution in [0.2, 0.25) is 0 Å². The maximum Gasteiger partial charge on any atom is 0.0763 e. The van der Waals surface area contributed by atoms with E-state index in [9.17, 15) is 0 Å². The molecule has 0 radical (unpaired) electrons. The second-order valence-corrected chi connectivity index (χ2v) is 6.63. The molecule has 3 heteroatoms. The van der Waals surface area contributed by atoms with Crippen molar-refractivity contribution in [3.05, 3.63) is 46.9 Å². The average Bonchev–Trinajstić information content (AvgIpc) is 2.85. The molecule has 1 aromatic carbocycles. The van der Waals surface area contributed by atoms with Crippen LogP contribution in [-0.2, 0) is 0 Å². The summed E-state index contributed by atoms with van der Waals surface area (Å²) in [7, 11) is 0. The van der Waals surface area contributed by atoms with Gasteiger partial charge in [0.15, 0.2) is 0 Å². The van der Waals surface area contributed by atoms with Gasteiger partial charge in [0.05, 0.1) is 6.04 Å². The number of hydrogen-bond acceptors (Lipinski definition) is 3. The van der Waals surface area contributed by atoms with Crippen LogP contribution in [-0.4, -0.2) is 0 Å². The standard InChI is InChI=1S/C17H22N2S/c18-19-17(13-8-4-2-1-3-5-9-13)16-12-14-10-6-7-11-15(14)20-16/h6-8,10-12,17,19H,1-5,9,18H2/b13-8+. The van der Waals surface area contributed by atoms with Crippen LogP contribution in [0.25, 0.3) is 10.1 Å². The first-order chi connectivity index (χ1) is 9.88. The highest BCUT2D eigenvalue weighted by molar-refractivity contribution is 7.19. The highest BCUT2D eigenvalue weighted by Crippen LogP contribution is 2.35. The van der Waals surface area contributed by atoms with Crippen molar-refractivity contribution in [1.82, 2.24) is 5.43 Å². The minimum atomic E-state index is 0.186. The third-order valence-electron chi connectivity index (χ3n) is 4.09. The van der Waals surface area contributed by atoms with Gasteiger partial charge in [0.25, 0.3) is 0 Å². The van der Waals surface area contributed by atoms with Crippen LogP contribution in [0.4, 0.5) is 0 Å². The van der Waals surface area contributed by atoms with Crippen molar-refractivity contribution in [2.75, 3.05) is 0 Å². The fourth-order valence-corrected chi connectivity index (χ4v) is 4.16. The lowest BCUT2D eigenvalue weighted by Crippen LogP contribution is -2.29. The average molecular weight is 286 g/mol. The van der Waals surface area contributed by atoms with E-state index in [1.165, 1.54) is 59.1 Å². The molecule has 3 rings (SSSR count). The Labute approximate surface area is 124 Å². The van der Waals surface area contributed by atoms with Crippen molar-refractivity contribution < 1.29 is 0 Å². The minimum Gasteiger partial charge on any atom is -0.271 e. The Morgan fingerprint density at radius 3 is 2.80 bits per heavy atom. The topological polar surface area (TPSA) is 38.0 Å². The van der Waals surface area contributed by atoms with Gasteiger partial charge in [-0.3, -0.25) is 5.84 Å². The van der Waals surface area contributed by atoms with E-state index in [-0.39, 0.29) is 6.04 Å². The Bertz CT molecular complexity index is 567. The predicted molar refractivity (Wildman–Crippen MR) is 87.7 cm³/mol. The molecule has 1 heterocycles. The highest BCUT2D eigenvalue weighted by atomic mass is 32.1. The summed E-state index contributed by atoms with van der Waals surface area (Å²) >= 11 is 1.85.